The Bertz CT molecular complexity index is 6250. The molecule has 0 aliphatic heterocycles. The van der Waals surface area contributed by atoms with Crippen LogP contribution in [0.15, 0.2) is 260 Å². The summed E-state index contributed by atoms with van der Waals surface area (Å²) in [5, 5.41) is 4.76. The number of hydrogen-bond donors (Lipinski definition) is 0. The first-order valence-corrected chi connectivity index (χ1v) is 42.1. The van der Waals surface area contributed by atoms with E-state index in [2.05, 4.69) is 326 Å². The topological polar surface area (TPSA) is 84.4 Å². The zero-order valence-corrected chi connectivity index (χ0v) is 79.2. The van der Waals surface area contributed by atoms with Crippen LogP contribution in [0.5, 0.6) is 0 Å². The normalized spacial score (nSPS) is 11.5. The maximum Gasteiger partial charge on any atom is 0.144 e. The molecule has 0 saturated heterocycles. The standard InChI is InChI=1S/C41H38N3.C35H33N2O.C32H38N3.3Ir/c1-4-5-6-8-16-31-25-29(2)40(30(3)26-31)43-28-37(42-41(43)32-17-9-7-10-18-32)33-19-15-20-34(27-33)44-38-23-13-11-21-35(38)36-22-12-14-24-39(36)44;1-4-5-6-8-14-26-21-24(2)33(25(3)22-26)37-23-31(36-35(37)27-15-9-7-10-16-27)30-19-13-18-29-28-17-11-12-20-32(28)38-34(29)30;1-21-15-27(32(8,9)20-31(5,6)7)16-22(2)29(21)35-19-28(26-17-23(3)33-24(4)18-26)34-30(35)25-13-11-10-12-14-25;;;/h7,9-15,17,19-28H,4-6,8,16H2,1-3H3;7,9-13,15,17-23H,4-6,8,14H2,1-3H3;10-13,15-19H,20H2,1-9H3;;;/q3*-1;;;. The van der Waals surface area contributed by atoms with Gasteiger partial charge in [-0.1, -0.05) is 202 Å². The van der Waals surface area contributed by atoms with E-state index in [4.69, 9.17) is 19.4 Å². The number of rotatable bonds is 22. The van der Waals surface area contributed by atoms with Crippen molar-refractivity contribution >= 4 is 43.7 Å². The molecule has 0 spiro atoms. The van der Waals surface area contributed by atoms with E-state index < -0.39 is 0 Å². The van der Waals surface area contributed by atoms with Crippen LogP contribution in [0.4, 0.5) is 0 Å². The molecular weight excluding hydrogens is 2000 g/mol. The van der Waals surface area contributed by atoms with Crippen LogP contribution in [0, 0.1) is 79.0 Å². The number of nitrogens with zero attached hydrogens (tertiary/aromatic N) is 8. The Balaban J connectivity index is 0.000000164. The van der Waals surface area contributed by atoms with Crippen molar-refractivity contribution in [1.29, 1.82) is 0 Å². The van der Waals surface area contributed by atoms with E-state index in [-0.39, 0.29) is 71.1 Å². The van der Waals surface area contributed by atoms with Gasteiger partial charge in [0.25, 0.3) is 0 Å². The van der Waals surface area contributed by atoms with Crippen molar-refractivity contribution in [3.05, 3.63) is 335 Å². The molecule has 17 rings (SSSR count). The van der Waals surface area contributed by atoms with Crippen molar-refractivity contribution in [1.82, 2.24) is 38.2 Å². The van der Waals surface area contributed by atoms with Crippen LogP contribution in [-0.4, -0.2) is 38.2 Å². The quantitative estimate of drug-likeness (QED) is 0.0499. The van der Waals surface area contributed by atoms with Crippen LogP contribution in [0.3, 0.4) is 0 Å². The van der Waals surface area contributed by atoms with Crippen molar-refractivity contribution < 1.29 is 64.7 Å². The number of imidazole rings is 3. The predicted molar refractivity (Wildman–Crippen MR) is 490 cm³/mol. The molecule has 0 aliphatic rings. The Morgan fingerprint density at radius 2 is 0.775 bits per heavy atom. The van der Waals surface area contributed by atoms with Crippen molar-refractivity contribution in [2.75, 3.05) is 0 Å². The molecule has 0 saturated carbocycles. The third-order valence-electron chi connectivity index (χ3n) is 22.7. The summed E-state index contributed by atoms with van der Waals surface area (Å²) in [5.74, 6) is 2.70. The largest absolute Gasteiger partial charge is 0.455 e. The summed E-state index contributed by atoms with van der Waals surface area (Å²) >= 11 is 0. The van der Waals surface area contributed by atoms with Gasteiger partial charge in [0.1, 0.15) is 11.2 Å². The summed E-state index contributed by atoms with van der Waals surface area (Å²) in [7, 11) is 0. The number of fused-ring (bicyclic) bond motifs is 6. The minimum atomic E-state index is 0. The van der Waals surface area contributed by atoms with Crippen LogP contribution >= 0.6 is 0 Å². The minimum absolute atomic E-state index is 0. The number of para-hydroxylation sites is 4. The monoisotopic (exact) mass is 2110 g/mol. The first-order valence-electron chi connectivity index (χ1n) is 42.1. The van der Waals surface area contributed by atoms with Crippen molar-refractivity contribution in [2.24, 2.45) is 5.41 Å². The second kappa shape index (κ2) is 39.1. The molecule has 11 aromatic carbocycles. The third kappa shape index (κ3) is 19.5. The summed E-state index contributed by atoms with van der Waals surface area (Å²) in [4.78, 5) is 20.1. The van der Waals surface area contributed by atoms with E-state index in [1.807, 2.05) is 74.5 Å². The van der Waals surface area contributed by atoms with Crippen molar-refractivity contribution in [3.8, 4) is 90.7 Å². The Morgan fingerprint density at radius 1 is 0.367 bits per heavy atom. The Kier molecular flexibility index (Phi) is 29.0. The molecule has 0 fully saturated rings. The van der Waals surface area contributed by atoms with Gasteiger partial charge in [-0.15, -0.1) is 108 Å². The second-order valence-electron chi connectivity index (χ2n) is 34.0. The molecule has 0 unspecified atom stereocenters. The number of aromatic nitrogens is 8. The van der Waals surface area contributed by atoms with E-state index in [1.165, 1.54) is 140 Å². The molecular formula is C108H109Ir3N8O-3. The van der Waals surface area contributed by atoms with Gasteiger partial charge >= 0.3 is 0 Å². The average molecular weight is 2110 g/mol. The summed E-state index contributed by atoms with van der Waals surface area (Å²) in [5.41, 5.74) is 31.9. The number of benzene rings is 11. The van der Waals surface area contributed by atoms with Gasteiger partial charge in [-0.3, -0.25) is 19.9 Å². The van der Waals surface area contributed by atoms with Crippen LogP contribution in [-0.2, 0) is 78.6 Å². The van der Waals surface area contributed by atoms with Crippen molar-refractivity contribution in [2.45, 2.75) is 180 Å². The van der Waals surface area contributed by atoms with E-state index in [1.54, 1.807) is 0 Å². The summed E-state index contributed by atoms with van der Waals surface area (Å²) < 4.78 is 15.5. The molecule has 0 N–H and O–H groups in total. The maximum absolute atomic E-state index is 6.36. The molecule has 9 nitrogen and oxygen atoms in total. The van der Waals surface area contributed by atoms with E-state index in [0.717, 1.165) is 126 Å². The molecule has 120 heavy (non-hydrogen) atoms. The number of furan rings is 1. The first-order chi connectivity index (χ1) is 56.6. The fraction of sp³-hybridized carbons (Fsp3) is 0.259. The predicted octanol–water partition coefficient (Wildman–Crippen LogP) is 28.8. The van der Waals surface area contributed by atoms with Crippen LogP contribution in [0.2, 0.25) is 0 Å². The summed E-state index contributed by atoms with van der Waals surface area (Å²) in [6.07, 6.45) is 20.1. The van der Waals surface area contributed by atoms with Crippen LogP contribution < -0.4 is 0 Å². The van der Waals surface area contributed by atoms with E-state index in [0.29, 0.717) is 0 Å². The Morgan fingerprint density at radius 3 is 1.23 bits per heavy atom. The van der Waals surface area contributed by atoms with Gasteiger partial charge in [0.05, 0.1) is 45.6 Å². The SMILES string of the molecule is CCCCCCc1cc(C)c(-n2cc(-c3cccc(-n4c5ccccc5c5ccccc54)c3)nc2-c2[c-]cccc2)c(C)c1.CCCCCCc1cc(C)c(-n2cc(-c3cccc4c3oc3ccccc34)nc2-c2[c-]cccc2)c(C)c1.Cc1cc(-c2cn(-c3c(C)cc(C(C)(C)CC(C)(C)C)cc3C)c(-c3[c-]cccc3)n2)cc(C)n1.[Ir].[Ir].[Ir]. The van der Waals surface area contributed by atoms with Gasteiger partial charge in [0.2, 0.25) is 0 Å². The van der Waals surface area contributed by atoms with Crippen LogP contribution in [0.1, 0.15) is 168 Å². The van der Waals surface area contributed by atoms with Gasteiger partial charge < -0.3 is 22.7 Å². The zero-order chi connectivity index (χ0) is 81.7. The molecule has 6 aromatic heterocycles. The molecule has 17 aromatic rings. The molecule has 12 heteroatoms. The fourth-order valence-corrected chi connectivity index (χ4v) is 18.0. The smallest absolute Gasteiger partial charge is 0.144 e. The zero-order valence-electron chi connectivity index (χ0n) is 72.0. The van der Waals surface area contributed by atoms with Crippen LogP contribution in [0.25, 0.3) is 134 Å². The molecule has 0 aliphatic carbocycles. The molecule has 0 atom stereocenters. The maximum atomic E-state index is 6.36. The third-order valence-corrected chi connectivity index (χ3v) is 22.7. The molecule has 0 amide bonds. The van der Waals surface area contributed by atoms with Gasteiger partial charge in [0.15, 0.2) is 0 Å². The molecule has 6 heterocycles. The van der Waals surface area contributed by atoms with Crippen molar-refractivity contribution in [3.63, 3.8) is 0 Å². The fourth-order valence-electron chi connectivity index (χ4n) is 18.0. The number of aryl methyl sites for hydroxylation is 10. The van der Waals surface area contributed by atoms with E-state index >= 15 is 0 Å². The average Bonchev–Trinajstić information content (AvgIpc) is 1.60. The first kappa shape index (κ1) is 89.0. The number of unbranched alkanes of at least 4 members (excludes halogenated alkanes) is 6. The molecule has 617 valence electrons. The Labute approximate surface area is 751 Å². The van der Waals surface area contributed by atoms with E-state index in [9.17, 15) is 0 Å². The second-order valence-corrected chi connectivity index (χ2v) is 34.0. The molecule has 3 radical (unpaired) electrons. The Hall–Kier alpha value is -10.3. The molecule has 0 bridgehead atoms. The van der Waals surface area contributed by atoms with Gasteiger partial charge in [-0.25, -0.2) is 0 Å². The van der Waals surface area contributed by atoms with Gasteiger partial charge in [-0.05, 0) is 197 Å². The van der Waals surface area contributed by atoms with Gasteiger partial charge in [0, 0.05) is 151 Å². The minimum Gasteiger partial charge on any atom is -0.455 e. The number of pyridine rings is 1. The summed E-state index contributed by atoms with van der Waals surface area (Å²) in [6, 6.07) is 93.5. The van der Waals surface area contributed by atoms with Gasteiger partial charge in [-0.2, -0.15) is 0 Å². The summed E-state index contributed by atoms with van der Waals surface area (Å²) in [6.45, 7) is 33.6. The number of hydrogen-bond acceptors (Lipinski definition) is 5.